The Balaban J connectivity index is 2.09. The first-order valence-electron chi connectivity index (χ1n) is 7.14. The van der Waals surface area contributed by atoms with Crippen LogP contribution in [-0.2, 0) is 0 Å². The lowest BCUT2D eigenvalue weighted by molar-refractivity contribution is 0.354. The zero-order valence-electron chi connectivity index (χ0n) is 13.1. The number of aromatic amines is 1. The number of ether oxygens (including phenoxy) is 2. The van der Waals surface area contributed by atoms with Crippen molar-refractivity contribution < 1.29 is 9.47 Å². The molecule has 0 bridgehead atoms. The number of H-pyrrole nitrogens is 1. The van der Waals surface area contributed by atoms with Crippen LogP contribution in [0.25, 0.3) is 22.7 Å². The van der Waals surface area contributed by atoms with Gasteiger partial charge in [-0.3, -0.25) is 0 Å². The number of aromatic nitrogens is 2. The van der Waals surface area contributed by atoms with Gasteiger partial charge in [-0.25, -0.2) is 4.98 Å². The average molecular weight is 384 g/mol. The molecule has 0 aliphatic heterocycles. The Morgan fingerprint density at radius 2 is 1.92 bits per heavy atom. The van der Waals surface area contributed by atoms with Crippen molar-refractivity contribution in [3.8, 4) is 17.6 Å². The largest absolute Gasteiger partial charge is 0.493 e. The van der Waals surface area contributed by atoms with Crippen molar-refractivity contribution in [3.05, 3.63) is 52.3 Å². The number of hydrogen-bond acceptors (Lipinski definition) is 4. The maximum absolute atomic E-state index is 9.53. The lowest BCUT2D eigenvalue weighted by atomic mass is 10.1. The predicted molar refractivity (Wildman–Crippen MR) is 96.8 cm³/mol. The molecule has 0 aliphatic carbocycles. The number of nitriles is 1. The normalized spacial score (nSPS) is 11.3. The molecule has 1 aromatic heterocycles. The first-order chi connectivity index (χ1) is 11.7. The van der Waals surface area contributed by atoms with Gasteiger partial charge in [-0.05, 0) is 35.9 Å². The molecule has 0 radical (unpaired) electrons. The van der Waals surface area contributed by atoms with E-state index in [1.807, 2.05) is 30.3 Å². The Kier molecular flexibility index (Phi) is 4.54. The Morgan fingerprint density at radius 1 is 1.21 bits per heavy atom. The van der Waals surface area contributed by atoms with Crippen LogP contribution in [0.4, 0.5) is 0 Å². The van der Waals surface area contributed by atoms with Crippen LogP contribution in [0.2, 0.25) is 0 Å². The second-order valence-electron chi connectivity index (χ2n) is 5.00. The van der Waals surface area contributed by atoms with Crippen molar-refractivity contribution in [2.45, 2.75) is 0 Å². The van der Waals surface area contributed by atoms with E-state index in [9.17, 15) is 5.26 Å². The molecular weight excluding hydrogens is 370 g/mol. The van der Waals surface area contributed by atoms with Crippen LogP contribution in [0, 0.1) is 11.3 Å². The van der Waals surface area contributed by atoms with Crippen LogP contribution in [0.5, 0.6) is 11.5 Å². The van der Waals surface area contributed by atoms with E-state index in [0.717, 1.165) is 21.1 Å². The van der Waals surface area contributed by atoms with Gasteiger partial charge < -0.3 is 14.5 Å². The fourth-order valence-corrected chi connectivity index (χ4v) is 2.81. The number of nitrogens with zero attached hydrogens (tertiary/aromatic N) is 2. The smallest absolute Gasteiger partial charge is 0.161 e. The van der Waals surface area contributed by atoms with Crippen molar-refractivity contribution >= 4 is 38.6 Å². The van der Waals surface area contributed by atoms with Gasteiger partial charge in [-0.15, -0.1) is 0 Å². The van der Waals surface area contributed by atoms with Crippen molar-refractivity contribution in [1.82, 2.24) is 9.97 Å². The lowest BCUT2D eigenvalue weighted by Crippen LogP contribution is -1.92. The van der Waals surface area contributed by atoms with E-state index in [1.165, 1.54) is 0 Å². The number of rotatable bonds is 4. The Bertz CT molecular complexity index is 937. The van der Waals surface area contributed by atoms with Crippen molar-refractivity contribution in [1.29, 1.82) is 5.26 Å². The minimum Gasteiger partial charge on any atom is -0.493 e. The first kappa shape index (κ1) is 16.1. The number of nitrogens with one attached hydrogen (secondary N) is 1. The summed E-state index contributed by atoms with van der Waals surface area (Å²) in [5, 5.41) is 9.53. The molecular formula is C18H14BrN3O2. The highest BCUT2D eigenvalue weighted by Crippen LogP contribution is 2.35. The van der Waals surface area contributed by atoms with E-state index in [-0.39, 0.29) is 0 Å². The van der Waals surface area contributed by atoms with Crippen LogP contribution in [0.1, 0.15) is 11.4 Å². The highest BCUT2D eigenvalue weighted by atomic mass is 79.9. The van der Waals surface area contributed by atoms with Gasteiger partial charge in [0.05, 0.1) is 30.8 Å². The Hall–Kier alpha value is -2.78. The summed E-state index contributed by atoms with van der Waals surface area (Å²) in [5.74, 6) is 1.73. The molecule has 0 fully saturated rings. The van der Waals surface area contributed by atoms with Crippen LogP contribution in [0.3, 0.4) is 0 Å². The second kappa shape index (κ2) is 6.77. The number of imidazole rings is 1. The zero-order valence-corrected chi connectivity index (χ0v) is 14.7. The lowest BCUT2D eigenvalue weighted by Gasteiger charge is -2.10. The summed E-state index contributed by atoms with van der Waals surface area (Å²) in [6.45, 7) is 0. The number of halogens is 1. The summed E-state index contributed by atoms with van der Waals surface area (Å²) in [6, 6.07) is 13.5. The molecule has 0 spiro atoms. The molecule has 0 amide bonds. The van der Waals surface area contributed by atoms with Gasteiger partial charge in [0.2, 0.25) is 0 Å². The van der Waals surface area contributed by atoms with Gasteiger partial charge in [0.15, 0.2) is 11.5 Å². The molecule has 24 heavy (non-hydrogen) atoms. The minimum absolute atomic E-state index is 0.430. The molecule has 1 heterocycles. The number of allylic oxidation sites excluding steroid dienone is 1. The molecule has 0 unspecified atom stereocenters. The number of para-hydroxylation sites is 2. The summed E-state index contributed by atoms with van der Waals surface area (Å²) in [7, 11) is 3.15. The Morgan fingerprint density at radius 3 is 2.58 bits per heavy atom. The molecule has 6 heteroatoms. The van der Waals surface area contributed by atoms with E-state index in [4.69, 9.17) is 9.47 Å². The van der Waals surface area contributed by atoms with E-state index in [1.54, 1.807) is 26.4 Å². The van der Waals surface area contributed by atoms with Crippen LogP contribution >= 0.6 is 15.9 Å². The van der Waals surface area contributed by atoms with Gasteiger partial charge in [0.25, 0.3) is 0 Å². The van der Waals surface area contributed by atoms with Gasteiger partial charge in [-0.1, -0.05) is 28.1 Å². The fraction of sp³-hybridized carbons (Fsp3) is 0.111. The van der Waals surface area contributed by atoms with Crippen molar-refractivity contribution in [2.24, 2.45) is 0 Å². The second-order valence-corrected chi connectivity index (χ2v) is 5.86. The standard InChI is InChI=1S/C18H14BrN3O2/c1-23-16-8-11(13(19)9-17(16)24-2)7-12(10-20)18-21-14-5-3-4-6-15(14)22-18/h3-9H,1-2H3,(H,21,22)/b12-7-. The average Bonchev–Trinajstić information content (AvgIpc) is 3.04. The third-order valence-corrected chi connectivity index (χ3v) is 4.25. The van der Waals surface area contributed by atoms with E-state index >= 15 is 0 Å². The molecule has 5 nitrogen and oxygen atoms in total. The van der Waals surface area contributed by atoms with Crippen LogP contribution in [-0.4, -0.2) is 24.2 Å². The van der Waals surface area contributed by atoms with Crippen LogP contribution < -0.4 is 9.47 Å². The summed E-state index contributed by atoms with van der Waals surface area (Å²) in [6.07, 6.45) is 1.75. The Labute approximate surface area is 147 Å². The molecule has 2 aromatic carbocycles. The molecule has 0 aliphatic rings. The van der Waals surface area contributed by atoms with Crippen LogP contribution in [0.15, 0.2) is 40.9 Å². The maximum Gasteiger partial charge on any atom is 0.161 e. The highest BCUT2D eigenvalue weighted by molar-refractivity contribution is 9.10. The van der Waals surface area contributed by atoms with Gasteiger partial charge >= 0.3 is 0 Å². The number of benzene rings is 2. The minimum atomic E-state index is 0.430. The fourth-order valence-electron chi connectivity index (χ4n) is 2.37. The zero-order chi connectivity index (χ0) is 17.1. The van der Waals surface area contributed by atoms with E-state index in [2.05, 4.69) is 32.0 Å². The topological polar surface area (TPSA) is 70.9 Å². The summed E-state index contributed by atoms with van der Waals surface area (Å²) < 4.78 is 11.4. The SMILES string of the molecule is COc1cc(Br)c(/C=C(/C#N)c2nc3ccccc3[nH]2)cc1OC. The monoisotopic (exact) mass is 383 g/mol. The molecule has 1 N–H and O–H groups in total. The number of methoxy groups -OCH3 is 2. The summed E-state index contributed by atoms with van der Waals surface area (Å²) in [4.78, 5) is 7.63. The first-order valence-corrected chi connectivity index (χ1v) is 7.94. The molecule has 120 valence electrons. The van der Waals surface area contributed by atoms with Gasteiger partial charge in [0.1, 0.15) is 11.9 Å². The molecule has 0 saturated heterocycles. The number of hydrogen-bond donors (Lipinski definition) is 1. The third-order valence-electron chi connectivity index (χ3n) is 3.57. The van der Waals surface area contributed by atoms with Gasteiger partial charge in [-0.2, -0.15) is 5.26 Å². The summed E-state index contributed by atoms with van der Waals surface area (Å²) >= 11 is 3.50. The molecule has 3 rings (SSSR count). The van der Waals surface area contributed by atoms with E-state index < -0.39 is 0 Å². The van der Waals surface area contributed by atoms with E-state index in [0.29, 0.717) is 22.9 Å². The number of fused-ring (bicyclic) bond motifs is 1. The third kappa shape index (κ3) is 2.99. The molecule has 3 aromatic rings. The maximum atomic E-state index is 9.53. The molecule has 0 saturated carbocycles. The molecule has 0 atom stereocenters. The summed E-state index contributed by atoms with van der Waals surface area (Å²) in [5.41, 5.74) is 2.93. The van der Waals surface area contributed by atoms with Gasteiger partial charge in [0, 0.05) is 4.47 Å². The van der Waals surface area contributed by atoms with Crippen molar-refractivity contribution in [2.75, 3.05) is 14.2 Å². The predicted octanol–water partition coefficient (Wildman–Crippen LogP) is 4.41. The van der Waals surface area contributed by atoms with Crippen molar-refractivity contribution in [3.63, 3.8) is 0 Å². The quantitative estimate of drug-likeness (QED) is 0.677. The highest BCUT2D eigenvalue weighted by Gasteiger charge is 2.12.